The summed E-state index contributed by atoms with van der Waals surface area (Å²) in [5.74, 6) is 0.405. The van der Waals surface area contributed by atoms with Crippen molar-refractivity contribution in [3.63, 3.8) is 0 Å². The number of hydrogen-bond donors (Lipinski definition) is 2. The number of nitrogens with one attached hydrogen (secondary N) is 1. The summed E-state index contributed by atoms with van der Waals surface area (Å²) in [6, 6.07) is 5.15. The number of nitrogens with zero attached hydrogens (tertiary/aromatic N) is 5. The first-order valence-corrected chi connectivity index (χ1v) is 11.9. The van der Waals surface area contributed by atoms with E-state index in [1.807, 2.05) is 6.07 Å². The number of ether oxygens (including phenoxy) is 1. The van der Waals surface area contributed by atoms with Crippen LogP contribution in [-0.2, 0) is 4.74 Å². The van der Waals surface area contributed by atoms with Crippen LogP contribution in [0, 0.1) is 5.92 Å². The van der Waals surface area contributed by atoms with E-state index in [2.05, 4.69) is 25.3 Å². The maximum Gasteiger partial charge on any atom is 0.284 e. The summed E-state index contributed by atoms with van der Waals surface area (Å²) in [5.41, 5.74) is 0.732. The molecule has 1 aliphatic heterocycles. The summed E-state index contributed by atoms with van der Waals surface area (Å²) in [7, 11) is 0. The molecule has 2 fully saturated rings. The van der Waals surface area contributed by atoms with E-state index in [1.165, 1.54) is 23.1 Å². The van der Waals surface area contributed by atoms with Gasteiger partial charge in [-0.25, -0.2) is 13.8 Å². The number of aliphatic hydroxyl groups is 1. The van der Waals surface area contributed by atoms with Gasteiger partial charge in [0, 0.05) is 32.1 Å². The van der Waals surface area contributed by atoms with Crippen LogP contribution in [0.15, 0.2) is 30.6 Å². The third-order valence-corrected chi connectivity index (χ3v) is 6.81. The number of amides is 1. The lowest BCUT2D eigenvalue weighted by molar-refractivity contribution is 0.102. The molecular weight excluding hydrogens is 458 g/mol. The largest absolute Gasteiger partial charge is 0.396 e. The van der Waals surface area contributed by atoms with Crippen molar-refractivity contribution in [2.45, 2.75) is 38.2 Å². The molecule has 0 bridgehead atoms. The van der Waals surface area contributed by atoms with Crippen LogP contribution in [0.25, 0.3) is 11.0 Å². The van der Waals surface area contributed by atoms with Gasteiger partial charge in [0.1, 0.15) is 11.3 Å². The zero-order valence-corrected chi connectivity index (χ0v) is 19.2. The Balaban J connectivity index is 1.41. The summed E-state index contributed by atoms with van der Waals surface area (Å²) in [6.07, 6.45) is 3.27. The van der Waals surface area contributed by atoms with Crippen LogP contribution in [-0.4, -0.2) is 63.7 Å². The molecule has 0 aromatic carbocycles. The topological polar surface area (TPSA) is 105 Å². The molecule has 2 aliphatic rings. The van der Waals surface area contributed by atoms with Crippen LogP contribution < -0.4 is 10.2 Å². The van der Waals surface area contributed by atoms with Gasteiger partial charge in [-0.2, -0.15) is 5.10 Å². The molecule has 9 nitrogen and oxygen atoms in total. The standard InChI is InChI=1S/C24H28F2N6O3/c25-23(26)22-19(13-32(30-22)16-3-1-15(14-33)2-4-16)28-24(34)17-7-8-27-18-5-6-20(29-21(17)18)31-9-11-35-12-10-31/h5-8,13,15-16,23,33H,1-4,9-12,14H2,(H,28,34). The first-order chi connectivity index (χ1) is 17.0. The molecule has 35 heavy (non-hydrogen) atoms. The number of morpholine rings is 1. The fourth-order valence-corrected chi connectivity index (χ4v) is 4.80. The second-order valence-corrected chi connectivity index (χ2v) is 9.02. The number of aliphatic hydroxyl groups excluding tert-OH is 1. The minimum absolute atomic E-state index is 0.0106. The van der Waals surface area contributed by atoms with Crippen LogP contribution in [0.1, 0.15) is 54.2 Å². The molecule has 1 aliphatic carbocycles. The quantitative estimate of drug-likeness (QED) is 0.549. The molecule has 3 aromatic rings. The van der Waals surface area contributed by atoms with Crippen molar-refractivity contribution < 1.29 is 23.4 Å². The van der Waals surface area contributed by atoms with Gasteiger partial charge in [0.15, 0.2) is 5.69 Å². The van der Waals surface area contributed by atoms with E-state index in [1.54, 1.807) is 6.07 Å². The average Bonchev–Trinajstić information content (AvgIpc) is 3.32. The van der Waals surface area contributed by atoms with E-state index in [0.717, 1.165) is 25.7 Å². The van der Waals surface area contributed by atoms with E-state index in [9.17, 15) is 18.7 Å². The minimum Gasteiger partial charge on any atom is -0.396 e. The fraction of sp³-hybridized carbons (Fsp3) is 0.500. The molecule has 0 atom stereocenters. The molecule has 0 radical (unpaired) electrons. The summed E-state index contributed by atoms with van der Waals surface area (Å²) in [6.45, 7) is 2.72. The predicted molar refractivity (Wildman–Crippen MR) is 126 cm³/mol. The third-order valence-electron chi connectivity index (χ3n) is 6.81. The van der Waals surface area contributed by atoms with Crippen molar-refractivity contribution in [2.24, 2.45) is 5.92 Å². The van der Waals surface area contributed by atoms with Crippen LogP contribution >= 0.6 is 0 Å². The first-order valence-electron chi connectivity index (χ1n) is 11.9. The highest BCUT2D eigenvalue weighted by Gasteiger charge is 2.27. The van der Waals surface area contributed by atoms with Gasteiger partial charge in [0.2, 0.25) is 0 Å². The molecule has 1 saturated heterocycles. The van der Waals surface area contributed by atoms with Gasteiger partial charge < -0.3 is 20.1 Å². The van der Waals surface area contributed by atoms with Crippen molar-refractivity contribution >= 4 is 28.4 Å². The number of hydrogen-bond acceptors (Lipinski definition) is 7. The van der Waals surface area contributed by atoms with E-state index in [4.69, 9.17) is 4.74 Å². The van der Waals surface area contributed by atoms with Crippen LogP contribution in [0.5, 0.6) is 0 Å². The number of anilines is 2. The van der Waals surface area contributed by atoms with E-state index in [0.29, 0.717) is 43.2 Å². The highest BCUT2D eigenvalue weighted by Crippen LogP contribution is 2.35. The van der Waals surface area contributed by atoms with Gasteiger partial charge in [-0.15, -0.1) is 0 Å². The van der Waals surface area contributed by atoms with Crippen LogP contribution in [0.2, 0.25) is 0 Å². The lowest BCUT2D eigenvalue weighted by Crippen LogP contribution is -2.36. The predicted octanol–water partition coefficient (Wildman–Crippen LogP) is 3.58. The molecule has 3 aromatic heterocycles. The number of rotatable bonds is 6. The highest BCUT2D eigenvalue weighted by atomic mass is 19.3. The molecule has 1 saturated carbocycles. The van der Waals surface area contributed by atoms with Gasteiger partial charge >= 0.3 is 0 Å². The van der Waals surface area contributed by atoms with Crippen molar-refractivity contribution in [1.29, 1.82) is 0 Å². The van der Waals surface area contributed by atoms with Crippen molar-refractivity contribution in [1.82, 2.24) is 19.7 Å². The van der Waals surface area contributed by atoms with Gasteiger partial charge in [-0.3, -0.25) is 14.5 Å². The SMILES string of the molecule is O=C(Nc1cn(C2CCC(CO)CC2)nc1C(F)F)c1ccnc2ccc(N3CCOCC3)nc12. The second-order valence-electron chi connectivity index (χ2n) is 9.02. The van der Waals surface area contributed by atoms with Gasteiger partial charge in [0.05, 0.1) is 36.0 Å². The van der Waals surface area contributed by atoms with Gasteiger partial charge in [0.25, 0.3) is 12.3 Å². The fourth-order valence-electron chi connectivity index (χ4n) is 4.80. The molecule has 0 unspecified atom stereocenters. The lowest BCUT2D eigenvalue weighted by atomic mass is 9.87. The Labute approximate surface area is 201 Å². The first kappa shape index (κ1) is 23.6. The highest BCUT2D eigenvalue weighted by molar-refractivity contribution is 6.11. The number of carbonyl (C=O) groups excluding carboxylic acids is 1. The van der Waals surface area contributed by atoms with Crippen LogP contribution in [0.3, 0.4) is 0 Å². The Hall–Kier alpha value is -3.18. The average molecular weight is 487 g/mol. The Morgan fingerprint density at radius 1 is 1.17 bits per heavy atom. The summed E-state index contributed by atoms with van der Waals surface area (Å²) in [5, 5.41) is 16.1. The zero-order chi connectivity index (χ0) is 24.4. The molecule has 0 spiro atoms. The smallest absolute Gasteiger partial charge is 0.284 e. The summed E-state index contributed by atoms with van der Waals surface area (Å²) < 4.78 is 34.5. The molecule has 186 valence electrons. The molecule has 11 heteroatoms. The minimum atomic E-state index is -2.83. The Bertz CT molecular complexity index is 1190. The second kappa shape index (κ2) is 10.2. The van der Waals surface area contributed by atoms with Crippen molar-refractivity contribution in [2.75, 3.05) is 43.1 Å². The third kappa shape index (κ3) is 4.96. The van der Waals surface area contributed by atoms with Gasteiger partial charge in [-0.1, -0.05) is 0 Å². The number of alkyl halides is 2. The molecule has 1 amide bonds. The number of aromatic nitrogens is 4. The number of carbonyl (C=O) groups is 1. The normalized spacial score (nSPS) is 21.0. The van der Waals surface area contributed by atoms with Crippen molar-refractivity contribution in [3.8, 4) is 0 Å². The van der Waals surface area contributed by atoms with E-state index < -0.39 is 18.0 Å². The number of pyridine rings is 2. The summed E-state index contributed by atoms with van der Waals surface area (Å²) in [4.78, 5) is 24.3. The van der Waals surface area contributed by atoms with Crippen LogP contribution in [0.4, 0.5) is 20.3 Å². The maximum atomic E-state index is 13.8. The Morgan fingerprint density at radius 3 is 2.66 bits per heavy atom. The number of fused-ring (bicyclic) bond motifs is 1. The Morgan fingerprint density at radius 2 is 1.94 bits per heavy atom. The lowest BCUT2D eigenvalue weighted by Gasteiger charge is -2.28. The molecule has 5 rings (SSSR count). The maximum absolute atomic E-state index is 13.8. The molecular formula is C24H28F2N6O3. The van der Waals surface area contributed by atoms with Crippen molar-refractivity contribution in [3.05, 3.63) is 41.9 Å². The van der Waals surface area contributed by atoms with Gasteiger partial charge in [-0.05, 0) is 49.8 Å². The van der Waals surface area contributed by atoms with E-state index >= 15 is 0 Å². The number of halogens is 2. The van der Waals surface area contributed by atoms with E-state index in [-0.39, 0.29) is 29.8 Å². The summed E-state index contributed by atoms with van der Waals surface area (Å²) >= 11 is 0. The Kier molecular flexibility index (Phi) is 6.87. The molecule has 2 N–H and O–H groups in total. The molecule has 4 heterocycles. The monoisotopic (exact) mass is 486 g/mol. The zero-order valence-electron chi connectivity index (χ0n) is 19.2.